The Balaban J connectivity index is 2.30. The molecule has 23 heavy (non-hydrogen) atoms. The lowest BCUT2D eigenvalue weighted by atomic mass is 9.78. The van der Waals surface area contributed by atoms with Crippen LogP contribution in [-0.4, -0.2) is 12.4 Å². The van der Waals surface area contributed by atoms with Crippen molar-refractivity contribution in [1.82, 2.24) is 0 Å². The summed E-state index contributed by atoms with van der Waals surface area (Å²) in [4.78, 5) is 12.5. The molecule has 0 spiro atoms. The summed E-state index contributed by atoms with van der Waals surface area (Å²) in [6.07, 6.45) is 3.75. The summed E-state index contributed by atoms with van der Waals surface area (Å²) in [6.45, 7) is 14.0. The topological polar surface area (TPSA) is 26.3 Å². The van der Waals surface area contributed by atoms with Crippen molar-refractivity contribution in [1.29, 1.82) is 0 Å². The highest BCUT2D eigenvalue weighted by Crippen LogP contribution is 2.44. The summed E-state index contributed by atoms with van der Waals surface area (Å²) < 4.78 is 6.19. The molecule has 0 aromatic heterocycles. The minimum Gasteiger partial charge on any atom is -0.493 e. The molecule has 0 saturated carbocycles. The number of hydrogen-bond acceptors (Lipinski definition) is 2. The van der Waals surface area contributed by atoms with Crippen LogP contribution in [0.25, 0.3) is 5.57 Å². The van der Waals surface area contributed by atoms with Crippen molar-refractivity contribution in [2.45, 2.75) is 65.2 Å². The van der Waals surface area contributed by atoms with Gasteiger partial charge in [0.2, 0.25) is 0 Å². The first-order valence-electron chi connectivity index (χ1n) is 8.64. The van der Waals surface area contributed by atoms with E-state index in [9.17, 15) is 4.79 Å². The average Bonchev–Trinajstić information content (AvgIpc) is 2.76. The van der Waals surface area contributed by atoms with Gasteiger partial charge in [0, 0.05) is 23.1 Å². The zero-order valence-corrected chi connectivity index (χ0v) is 15.2. The van der Waals surface area contributed by atoms with Gasteiger partial charge in [0.1, 0.15) is 5.75 Å². The second-order valence-electron chi connectivity index (χ2n) is 9.01. The lowest BCUT2D eigenvalue weighted by Gasteiger charge is -2.30. The number of rotatable bonds is 0. The van der Waals surface area contributed by atoms with Crippen molar-refractivity contribution < 1.29 is 9.53 Å². The number of fused-ring (bicyclic) bond motifs is 3. The fourth-order valence-corrected chi connectivity index (χ4v) is 3.45. The first-order valence-corrected chi connectivity index (χ1v) is 8.64. The Kier molecular flexibility index (Phi) is 3.70. The van der Waals surface area contributed by atoms with Gasteiger partial charge in [-0.25, -0.2) is 0 Å². The Morgan fingerprint density at radius 3 is 2.35 bits per heavy atom. The summed E-state index contributed by atoms with van der Waals surface area (Å²) in [7, 11) is 0. The van der Waals surface area contributed by atoms with Crippen molar-refractivity contribution in [2.75, 3.05) is 6.61 Å². The molecule has 0 amide bonds. The molecule has 0 saturated heterocycles. The number of ketones is 1. The van der Waals surface area contributed by atoms with Gasteiger partial charge in [-0.3, -0.25) is 4.79 Å². The van der Waals surface area contributed by atoms with Crippen molar-refractivity contribution in [3.63, 3.8) is 0 Å². The van der Waals surface area contributed by atoms with Gasteiger partial charge in [-0.15, -0.1) is 0 Å². The molecule has 1 atom stereocenters. The van der Waals surface area contributed by atoms with E-state index in [1.54, 1.807) is 0 Å². The second kappa shape index (κ2) is 5.22. The Labute approximate surface area is 139 Å². The summed E-state index contributed by atoms with van der Waals surface area (Å²) in [5.41, 5.74) is 4.38. The monoisotopic (exact) mass is 312 g/mol. The Bertz CT molecular complexity index is 681. The highest BCUT2D eigenvalue weighted by molar-refractivity contribution is 6.23. The summed E-state index contributed by atoms with van der Waals surface area (Å²) in [5.74, 6) is 1.54. The van der Waals surface area contributed by atoms with Gasteiger partial charge in [-0.2, -0.15) is 0 Å². The van der Waals surface area contributed by atoms with Gasteiger partial charge in [0.05, 0.1) is 6.61 Å². The van der Waals surface area contributed by atoms with Crippen molar-refractivity contribution in [3.8, 4) is 5.75 Å². The molecular formula is C21H28O2. The standard InChI is InChI=1S/C21H28O2/c1-20(2,3)14-11-16-15-9-13(10-18(15)22)7-8-23-19(16)17(12-14)21(4,5)6/h9,11-13H,7-8,10H2,1-6H3/t13-/m1/s1. The number of ether oxygens (including phenoxy) is 1. The zero-order valence-electron chi connectivity index (χ0n) is 15.2. The Morgan fingerprint density at radius 1 is 1.04 bits per heavy atom. The van der Waals surface area contributed by atoms with E-state index in [4.69, 9.17) is 4.74 Å². The van der Waals surface area contributed by atoms with Crippen LogP contribution in [-0.2, 0) is 15.6 Å². The maximum atomic E-state index is 12.5. The molecule has 124 valence electrons. The average molecular weight is 312 g/mol. The third-order valence-corrected chi connectivity index (χ3v) is 4.94. The molecule has 1 heterocycles. The van der Waals surface area contributed by atoms with Gasteiger partial charge in [0.15, 0.2) is 5.78 Å². The van der Waals surface area contributed by atoms with Crippen LogP contribution in [0, 0.1) is 5.92 Å². The van der Waals surface area contributed by atoms with E-state index in [2.05, 4.69) is 59.8 Å². The van der Waals surface area contributed by atoms with E-state index in [0.717, 1.165) is 23.3 Å². The minimum atomic E-state index is -0.0217. The largest absolute Gasteiger partial charge is 0.493 e. The second-order valence-corrected chi connectivity index (χ2v) is 9.01. The number of Topliss-reactive ketones (excluding diaryl/α,β-unsaturated/α-hetero) is 1. The van der Waals surface area contributed by atoms with E-state index >= 15 is 0 Å². The van der Waals surface area contributed by atoms with Crippen LogP contribution in [0.3, 0.4) is 0 Å². The third-order valence-electron chi connectivity index (χ3n) is 4.94. The highest BCUT2D eigenvalue weighted by atomic mass is 16.5. The summed E-state index contributed by atoms with van der Waals surface area (Å²) in [5, 5.41) is 0. The lowest BCUT2D eigenvalue weighted by Crippen LogP contribution is -2.20. The fraction of sp³-hybridized carbons (Fsp3) is 0.571. The number of hydrogen-bond donors (Lipinski definition) is 0. The molecule has 1 aromatic carbocycles. The number of benzene rings is 1. The number of carbonyl (C=O) groups excluding carboxylic acids is 1. The zero-order chi connectivity index (χ0) is 17.0. The molecule has 2 nitrogen and oxygen atoms in total. The highest BCUT2D eigenvalue weighted by Gasteiger charge is 2.33. The molecule has 0 N–H and O–H groups in total. The van der Waals surface area contributed by atoms with Gasteiger partial charge in [-0.05, 0) is 34.8 Å². The quantitative estimate of drug-likeness (QED) is 0.671. The van der Waals surface area contributed by atoms with Crippen LogP contribution in [0.15, 0.2) is 18.2 Å². The molecule has 2 bridgehead atoms. The normalized spacial score (nSPS) is 21.2. The van der Waals surface area contributed by atoms with Crippen LogP contribution in [0.5, 0.6) is 5.75 Å². The summed E-state index contributed by atoms with van der Waals surface area (Å²) in [6, 6.07) is 4.46. The van der Waals surface area contributed by atoms with Crippen LogP contribution >= 0.6 is 0 Å². The Hall–Kier alpha value is -1.57. The molecule has 2 aliphatic rings. The molecule has 2 heteroatoms. The van der Waals surface area contributed by atoms with Crippen LogP contribution in [0.1, 0.15) is 71.1 Å². The number of carbonyl (C=O) groups is 1. The molecule has 0 radical (unpaired) electrons. The molecule has 1 aromatic rings. The van der Waals surface area contributed by atoms with Crippen LogP contribution in [0.2, 0.25) is 0 Å². The molecular weight excluding hydrogens is 284 g/mol. The van der Waals surface area contributed by atoms with Gasteiger partial charge < -0.3 is 4.74 Å². The lowest BCUT2D eigenvalue weighted by molar-refractivity contribution is -0.113. The molecule has 3 rings (SSSR count). The van der Waals surface area contributed by atoms with Crippen LogP contribution in [0.4, 0.5) is 0 Å². The SMILES string of the molecule is CC(C)(C)c1cc2c(c(C(C)(C)C)c1)OCC[C@@H]1C=C2C(=O)C1. The van der Waals surface area contributed by atoms with Gasteiger partial charge in [-0.1, -0.05) is 53.7 Å². The molecule has 1 aliphatic heterocycles. The van der Waals surface area contributed by atoms with E-state index in [1.165, 1.54) is 11.1 Å². The first kappa shape index (κ1) is 16.3. The summed E-state index contributed by atoms with van der Waals surface area (Å²) >= 11 is 0. The third kappa shape index (κ3) is 2.96. The maximum absolute atomic E-state index is 12.5. The van der Waals surface area contributed by atoms with E-state index in [-0.39, 0.29) is 16.6 Å². The Morgan fingerprint density at radius 2 is 1.74 bits per heavy atom. The predicted molar refractivity (Wildman–Crippen MR) is 95.0 cm³/mol. The van der Waals surface area contributed by atoms with E-state index in [1.807, 2.05) is 0 Å². The first-order chi connectivity index (χ1) is 10.6. The van der Waals surface area contributed by atoms with E-state index < -0.39 is 0 Å². The molecule has 0 fully saturated rings. The number of allylic oxidation sites excluding steroid dienone is 2. The predicted octanol–water partition coefficient (Wildman–Crippen LogP) is 5.04. The van der Waals surface area contributed by atoms with Gasteiger partial charge >= 0.3 is 0 Å². The van der Waals surface area contributed by atoms with E-state index in [0.29, 0.717) is 18.9 Å². The van der Waals surface area contributed by atoms with Crippen LogP contribution < -0.4 is 4.74 Å². The van der Waals surface area contributed by atoms with Crippen molar-refractivity contribution >= 4 is 11.4 Å². The molecule has 1 aliphatic carbocycles. The fourth-order valence-electron chi connectivity index (χ4n) is 3.45. The molecule has 0 unspecified atom stereocenters. The minimum absolute atomic E-state index is 0.0217. The smallest absolute Gasteiger partial charge is 0.163 e. The van der Waals surface area contributed by atoms with Gasteiger partial charge in [0.25, 0.3) is 0 Å². The van der Waals surface area contributed by atoms with Crippen molar-refractivity contribution in [3.05, 3.63) is 34.9 Å². The van der Waals surface area contributed by atoms with Crippen molar-refractivity contribution in [2.24, 2.45) is 5.92 Å². The maximum Gasteiger partial charge on any atom is 0.163 e.